The molecule has 0 fully saturated rings. The van der Waals surface area contributed by atoms with Gasteiger partial charge in [-0.3, -0.25) is 0 Å². The van der Waals surface area contributed by atoms with Crippen molar-refractivity contribution in [2.75, 3.05) is 5.32 Å². The van der Waals surface area contributed by atoms with Gasteiger partial charge in [-0.25, -0.2) is 13.8 Å². The third-order valence-electron chi connectivity index (χ3n) is 2.86. The highest BCUT2D eigenvalue weighted by molar-refractivity contribution is 9.10. The van der Waals surface area contributed by atoms with Crippen LogP contribution in [0.3, 0.4) is 0 Å². The number of hydrogen-bond donors (Lipinski definition) is 1. The molecule has 5 heteroatoms. The van der Waals surface area contributed by atoms with E-state index in [1.165, 1.54) is 18.3 Å². The van der Waals surface area contributed by atoms with E-state index >= 15 is 0 Å². The fraction of sp³-hybridized carbons (Fsp3) is 0.214. The second-order valence-electron chi connectivity index (χ2n) is 4.36. The van der Waals surface area contributed by atoms with Gasteiger partial charge in [0.25, 0.3) is 0 Å². The number of anilines is 1. The van der Waals surface area contributed by atoms with Gasteiger partial charge in [0.05, 0.1) is 6.04 Å². The minimum Gasteiger partial charge on any atom is -0.361 e. The number of hydrogen-bond acceptors (Lipinski definition) is 2. The predicted octanol–water partition coefficient (Wildman–Crippen LogP) is 4.60. The van der Waals surface area contributed by atoms with Gasteiger partial charge in [0.2, 0.25) is 0 Å². The lowest BCUT2D eigenvalue weighted by atomic mass is 10.1. The average Bonchev–Trinajstić information content (AvgIpc) is 2.36. The molecular formula is C14H13BrF2N2. The number of benzene rings is 1. The zero-order valence-electron chi connectivity index (χ0n) is 10.5. The summed E-state index contributed by atoms with van der Waals surface area (Å²) >= 11 is 3.15. The molecule has 0 aliphatic carbocycles. The van der Waals surface area contributed by atoms with Crippen LogP contribution >= 0.6 is 15.9 Å². The zero-order chi connectivity index (χ0) is 14.0. The average molecular weight is 327 g/mol. The molecule has 1 heterocycles. The maximum absolute atomic E-state index is 13.6. The fourth-order valence-electron chi connectivity index (χ4n) is 1.69. The smallest absolute Gasteiger partial charge is 0.166 e. The molecule has 2 rings (SSSR count). The lowest BCUT2D eigenvalue weighted by Crippen LogP contribution is -2.10. The van der Waals surface area contributed by atoms with Gasteiger partial charge in [0, 0.05) is 10.7 Å². The molecule has 100 valence electrons. The molecule has 0 spiro atoms. The highest BCUT2D eigenvalue weighted by Crippen LogP contribution is 2.23. The number of aryl methyl sites for hydroxylation is 1. The third-order valence-corrected chi connectivity index (χ3v) is 3.29. The summed E-state index contributed by atoms with van der Waals surface area (Å²) in [4.78, 5) is 3.96. The largest absolute Gasteiger partial charge is 0.361 e. The van der Waals surface area contributed by atoms with Gasteiger partial charge in [-0.2, -0.15) is 0 Å². The third kappa shape index (κ3) is 3.29. The van der Waals surface area contributed by atoms with Crippen molar-refractivity contribution in [1.29, 1.82) is 0 Å². The number of nitrogens with one attached hydrogen (secondary N) is 1. The molecule has 0 saturated heterocycles. The van der Waals surface area contributed by atoms with E-state index in [1.54, 1.807) is 13.0 Å². The van der Waals surface area contributed by atoms with Crippen molar-refractivity contribution >= 4 is 21.7 Å². The van der Waals surface area contributed by atoms with E-state index in [2.05, 4.69) is 26.2 Å². The van der Waals surface area contributed by atoms with Crippen LogP contribution in [-0.4, -0.2) is 4.98 Å². The van der Waals surface area contributed by atoms with Crippen molar-refractivity contribution in [3.05, 3.63) is 57.7 Å². The van der Waals surface area contributed by atoms with E-state index in [0.717, 1.165) is 5.56 Å². The summed E-state index contributed by atoms with van der Waals surface area (Å²) in [5.74, 6) is -0.569. The van der Waals surface area contributed by atoms with Crippen molar-refractivity contribution in [2.24, 2.45) is 0 Å². The number of pyridine rings is 1. The Morgan fingerprint density at radius 3 is 2.58 bits per heavy atom. The van der Waals surface area contributed by atoms with E-state index in [9.17, 15) is 8.78 Å². The Morgan fingerprint density at radius 1 is 1.21 bits per heavy atom. The fourth-order valence-corrected chi connectivity index (χ4v) is 1.99. The molecule has 0 amide bonds. The summed E-state index contributed by atoms with van der Waals surface area (Å²) in [6, 6.07) is 6.06. The van der Waals surface area contributed by atoms with Crippen LogP contribution in [0.4, 0.5) is 14.6 Å². The number of halogens is 3. The van der Waals surface area contributed by atoms with Crippen molar-refractivity contribution in [3.63, 3.8) is 0 Å². The van der Waals surface area contributed by atoms with Crippen molar-refractivity contribution in [2.45, 2.75) is 19.9 Å². The quantitative estimate of drug-likeness (QED) is 0.891. The minimum atomic E-state index is -0.450. The van der Waals surface area contributed by atoms with Crippen LogP contribution in [-0.2, 0) is 0 Å². The number of nitrogens with zero attached hydrogens (tertiary/aromatic N) is 1. The first-order chi connectivity index (χ1) is 8.97. The molecule has 1 unspecified atom stereocenters. The first-order valence-corrected chi connectivity index (χ1v) is 6.60. The topological polar surface area (TPSA) is 24.9 Å². The molecule has 0 aliphatic heterocycles. The Kier molecular flexibility index (Phi) is 4.14. The van der Waals surface area contributed by atoms with E-state index in [0.29, 0.717) is 10.0 Å². The molecule has 1 aromatic heterocycles. The minimum absolute atomic E-state index is 0.150. The monoisotopic (exact) mass is 326 g/mol. The second-order valence-corrected chi connectivity index (χ2v) is 5.27. The summed E-state index contributed by atoms with van der Waals surface area (Å²) in [5, 5.41) is 2.93. The van der Waals surface area contributed by atoms with Crippen LogP contribution in [0.1, 0.15) is 24.1 Å². The van der Waals surface area contributed by atoms with E-state index < -0.39 is 5.82 Å². The summed E-state index contributed by atoms with van der Waals surface area (Å²) in [7, 11) is 0. The maximum atomic E-state index is 13.6. The van der Waals surface area contributed by atoms with Gasteiger partial charge in [-0.1, -0.05) is 12.1 Å². The Bertz CT molecular complexity index is 602. The van der Waals surface area contributed by atoms with Crippen LogP contribution in [0, 0.1) is 18.6 Å². The Hall–Kier alpha value is -1.49. The van der Waals surface area contributed by atoms with Crippen molar-refractivity contribution in [3.8, 4) is 0 Å². The van der Waals surface area contributed by atoms with Crippen LogP contribution < -0.4 is 5.32 Å². The maximum Gasteiger partial charge on any atom is 0.166 e. The summed E-state index contributed by atoms with van der Waals surface area (Å²) in [6.07, 6.45) is 1.51. The molecular weight excluding hydrogens is 314 g/mol. The summed E-state index contributed by atoms with van der Waals surface area (Å²) in [5.41, 5.74) is 1.33. The number of rotatable bonds is 3. The van der Waals surface area contributed by atoms with Gasteiger partial charge < -0.3 is 5.32 Å². The number of aromatic nitrogens is 1. The van der Waals surface area contributed by atoms with Gasteiger partial charge in [0.15, 0.2) is 11.6 Å². The van der Waals surface area contributed by atoms with Crippen molar-refractivity contribution < 1.29 is 8.78 Å². The Balaban J connectivity index is 2.20. The molecule has 1 N–H and O–H groups in total. The molecule has 1 aromatic carbocycles. The normalized spacial score (nSPS) is 12.3. The van der Waals surface area contributed by atoms with Crippen LogP contribution in [0.5, 0.6) is 0 Å². The highest BCUT2D eigenvalue weighted by atomic mass is 79.9. The molecule has 1 atom stereocenters. The molecule has 0 aliphatic rings. The Labute approximate surface area is 119 Å². The molecule has 0 radical (unpaired) electrons. The van der Waals surface area contributed by atoms with Crippen molar-refractivity contribution in [1.82, 2.24) is 4.98 Å². The lowest BCUT2D eigenvalue weighted by molar-refractivity contribution is 0.611. The van der Waals surface area contributed by atoms with Gasteiger partial charge in [0.1, 0.15) is 5.82 Å². The first-order valence-electron chi connectivity index (χ1n) is 5.81. The molecule has 2 aromatic rings. The highest BCUT2D eigenvalue weighted by Gasteiger charge is 2.11. The second kappa shape index (κ2) is 5.65. The Morgan fingerprint density at radius 2 is 1.95 bits per heavy atom. The van der Waals surface area contributed by atoms with E-state index in [4.69, 9.17) is 0 Å². The van der Waals surface area contributed by atoms with Crippen LogP contribution in [0.2, 0.25) is 0 Å². The van der Waals surface area contributed by atoms with E-state index in [-0.39, 0.29) is 17.7 Å². The lowest BCUT2D eigenvalue weighted by Gasteiger charge is -2.16. The predicted molar refractivity (Wildman–Crippen MR) is 75.1 cm³/mol. The summed E-state index contributed by atoms with van der Waals surface area (Å²) < 4.78 is 27.7. The summed E-state index contributed by atoms with van der Waals surface area (Å²) in [6.45, 7) is 3.53. The van der Waals surface area contributed by atoms with E-state index in [1.807, 2.05) is 13.0 Å². The van der Waals surface area contributed by atoms with Crippen LogP contribution in [0.25, 0.3) is 0 Å². The van der Waals surface area contributed by atoms with Gasteiger partial charge in [-0.15, -0.1) is 0 Å². The first kappa shape index (κ1) is 13.9. The zero-order valence-corrected chi connectivity index (χ0v) is 12.1. The molecule has 2 nitrogen and oxygen atoms in total. The molecule has 19 heavy (non-hydrogen) atoms. The van der Waals surface area contributed by atoms with Gasteiger partial charge >= 0.3 is 0 Å². The SMILES string of the molecule is Cc1ccc(C(C)Nc2ncc(Br)cc2F)cc1F. The van der Waals surface area contributed by atoms with Gasteiger partial charge in [-0.05, 0) is 53.0 Å². The standard InChI is InChI=1S/C14H13BrF2N2/c1-8-3-4-10(5-12(8)16)9(2)19-14-13(17)6-11(15)7-18-14/h3-7,9H,1-2H3,(H,18,19). The van der Waals surface area contributed by atoms with Crippen LogP contribution in [0.15, 0.2) is 34.9 Å². The molecule has 0 saturated carbocycles. The molecule has 0 bridgehead atoms.